The second kappa shape index (κ2) is 7.49. The molecule has 4 rings (SSSR count). The van der Waals surface area contributed by atoms with Crippen molar-refractivity contribution < 1.29 is 9.18 Å². The SMILES string of the molecule is N#CC1C=Cc2cc(NSI)c3c(c2C1)C(=O)NC3C1=CC(F)=CCC1Cl. The molecule has 2 aliphatic carbocycles. The summed E-state index contributed by atoms with van der Waals surface area (Å²) in [6.07, 6.45) is 7.49. The number of rotatable bonds is 3. The number of carbonyl (C=O) groups excluding carboxylic acids is 1. The quantitative estimate of drug-likeness (QED) is 0.324. The molecule has 4 nitrogen and oxygen atoms in total. The van der Waals surface area contributed by atoms with Crippen LogP contribution in [0, 0.1) is 17.2 Å². The van der Waals surface area contributed by atoms with Gasteiger partial charge in [0.1, 0.15) is 5.83 Å². The first-order chi connectivity index (χ1) is 13.0. The van der Waals surface area contributed by atoms with Crippen molar-refractivity contribution in [2.75, 3.05) is 4.72 Å². The Hall–Kier alpha value is -1.50. The monoisotopic (exact) mass is 513 g/mol. The molecule has 0 saturated heterocycles. The predicted octanol–water partition coefficient (Wildman–Crippen LogP) is 5.38. The lowest BCUT2D eigenvalue weighted by molar-refractivity contribution is 0.0959. The number of carbonyl (C=O) groups is 1. The van der Waals surface area contributed by atoms with Gasteiger partial charge >= 0.3 is 0 Å². The average Bonchev–Trinajstić information content (AvgIpc) is 3.01. The standard InChI is InChI=1S/C19H14ClFIN3OS/c20-14-4-3-11(21)7-13(14)18-17-15(25-27-22)6-10-2-1-9(8-23)5-12(10)16(17)19(26)24-18/h1-3,6-7,9,14,18,25H,4-5H2,(H,24,26). The molecule has 0 radical (unpaired) electrons. The number of amides is 1. The number of allylic oxidation sites excluding steroid dienone is 4. The zero-order valence-corrected chi connectivity index (χ0v) is 17.7. The molecule has 3 unspecified atom stereocenters. The molecule has 0 aromatic heterocycles. The number of halogens is 3. The molecule has 138 valence electrons. The Morgan fingerprint density at radius 2 is 2.30 bits per heavy atom. The maximum atomic E-state index is 13.9. The fraction of sp³-hybridized carbons (Fsp3) is 0.263. The third kappa shape index (κ3) is 3.28. The molecule has 0 fully saturated rings. The molecule has 1 aromatic carbocycles. The van der Waals surface area contributed by atoms with Crippen LogP contribution in [0.25, 0.3) is 6.08 Å². The van der Waals surface area contributed by atoms with Crippen molar-refractivity contribution in [3.8, 4) is 6.07 Å². The summed E-state index contributed by atoms with van der Waals surface area (Å²) in [5, 5.41) is 11.9. The fourth-order valence-corrected chi connectivity index (χ4v) is 5.10. The molecule has 0 saturated carbocycles. The average molecular weight is 514 g/mol. The van der Waals surface area contributed by atoms with E-state index in [1.54, 1.807) is 0 Å². The van der Waals surface area contributed by atoms with Gasteiger partial charge in [0.2, 0.25) is 0 Å². The number of fused-ring (bicyclic) bond motifs is 3. The number of hydrogen-bond acceptors (Lipinski definition) is 4. The molecule has 0 spiro atoms. The molecule has 3 atom stereocenters. The highest BCUT2D eigenvalue weighted by Gasteiger charge is 2.39. The van der Waals surface area contributed by atoms with Gasteiger partial charge in [-0.3, -0.25) is 4.79 Å². The van der Waals surface area contributed by atoms with Gasteiger partial charge in [-0.2, -0.15) is 5.26 Å². The van der Waals surface area contributed by atoms with Crippen molar-refractivity contribution in [1.82, 2.24) is 5.32 Å². The van der Waals surface area contributed by atoms with Crippen LogP contribution in [0.4, 0.5) is 10.1 Å². The lowest BCUT2D eigenvalue weighted by Crippen LogP contribution is -2.25. The van der Waals surface area contributed by atoms with Crippen molar-refractivity contribution in [3.05, 3.63) is 57.9 Å². The lowest BCUT2D eigenvalue weighted by atomic mass is 9.82. The molecule has 1 amide bonds. The van der Waals surface area contributed by atoms with Crippen LogP contribution in [0.5, 0.6) is 0 Å². The van der Waals surface area contributed by atoms with E-state index in [0.29, 0.717) is 24.0 Å². The molecule has 1 aromatic rings. The molecule has 0 bridgehead atoms. The van der Waals surface area contributed by atoms with Crippen LogP contribution in [0.3, 0.4) is 0 Å². The van der Waals surface area contributed by atoms with Gasteiger partial charge in [-0.25, -0.2) is 4.39 Å². The second-order valence-electron chi connectivity index (χ2n) is 6.60. The summed E-state index contributed by atoms with van der Waals surface area (Å²) in [5.74, 6) is -0.811. The Labute approximate surface area is 177 Å². The maximum absolute atomic E-state index is 13.9. The number of hydrogen-bond donors (Lipinski definition) is 2. The van der Waals surface area contributed by atoms with Gasteiger partial charge in [-0.05, 0) is 47.8 Å². The predicted molar refractivity (Wildman–Crippen MR) is 115 cm³/mol. The molecule has 27 heavy (non-hydrogen) atoms. The van der Waals surface area contributed by atoms with Crippen molar-refractivity contribution in [2.24, 2.45) is 5.92 Å². The third-order valence-corrected chi connectivity index (χ3v) is 6.45. The van der Waals surface area contributed by atoms with E-state index in [2.05, 4.69) is 37.3 Å². The topological polar surface area (TPSA) is 64.9 Å². The van der Waals surface area contributed by atoms with Crippen molar-refractivity contribution >= 4 is 59.6 Å². The van der Waals surface area contributed by atoms with E-state index < -0.39 is 6.04 Å². The van der Waals surface area contributed by atoms with E-state index in [9.17, 15) is 14.4 Å². The molecule has 1 aliphatic heterocycles. The highest BCUT2D eigenvalue weighted by atomic mass is 127. The highest BCUT2D eigenvalue weighted by molar-refractivity contribution is 14.2. The summed E-state index contributed by atoms with van der Waals surface area (Å²) in [5.41, 5.74) is 4.59. The minimum atomic E-state index is -0.489. The molecular formula is C19H14ClFIN3OS. The Bertz CT molecular complexity index is 969. The fourth-order valence-electron chi connectivity index (χ4n) is 3.86. The van der Waals surface area contributed by atoms with Crippen LogP contribution in [0.2, 0.25) is 0 Å². The number of nitrogens with one attached hydrogen (secondary N) is 2. The molecule has 2 N–H and O–H groups in total. The van der Waals surface area contributed by atoms with Crippen LogP contribution in [0.15, 0.2) is 35.7 Å². The van der Waals surface area contributed by atoms with Gasteiger partial charge in [0.25, 0.3) is 5.91 Å². The summed E-state index contributed by atoms with van der Waals surface area (Å²) >= 11 is 8.57. The van der Waals surface area contributed by atoms with Crippen LogP contribution in [-0.2, 0) is 6.42 Å². The number of nitriles is 1. The first kappa shape index (κ1) is 18.8. The number of anilines is 1. The lowest BCUT2D eigenvalue weighted by Gasteiger charge is -2.25. The maximum Gasteiger partial charge on any atom is 0.252 e. The van der Waals surface area contributed by atoms with Gasteiger partial charge in [-0.15, -0.1) is 11.6 Å². The molecule has 3 aliphatic rings. The van der Waals surface area contributed by atoms with Crippen LogP contribution in [-0.4, -0.2) is 11.3 Å². The molecule has 1 heterocycles. The summed E-state index contributed by atoms with van der Waals surface area (Å²) in [6.45, 7) is 0. The first-order valence-electron chi connectivity index (χ1n) is 8.36. The van der Waals surface area contributed by atoms with Crippen LogP contribution < -0.4 is 10.0 Å². The van der Waals surface area contributed by atoms with Crippen LogP contribution >= 0.6 is 41.9 Å². The minimum Gasteiger partial charge on any atom is -0.341 e. The smallest absolute Gasteiger partial charge is 0.252 e. The Morgan fingerprint density at radius 3 is 3.04 bits per heavy atom. The van der Waals surface area contributed by atoms with Gasteiger partial charge in [0, 0.05) is 35.9 Å². The largest absolute Gasteiger partial charge is 0.341 e. The van der Waals surface area contributed by atoms with Crippen molar-refractivity contribution in [3.63, 3.8) is 0 Å². The van der Waals surface area contributed by atoms with E-state index in [0.717, 1.165) is 22.4 Å². The van der Waals surface area contributed by atoms with Crippen LogP contribution in [0.1, 0.15) is 39.5 Å². The van der Waals surface area contributed by atoms with E-state index in [1.165, 1.54) is 21.3 Å². The van der Waals surface area contributed by atoms with Gasteiger partial charge in [0.15, 0.2) is 0 Å². The van der Waals surface area contributed by atoms with Gasteiger partial charge in [-0.1, -0.05) is 12.2 Å². The summed E-state index contributed by atoms with van der Waals surface area (Å²) in [4.78, 5) is 12.9. The van der Waals surface area contributed by atoms with E-state index in [4.69, 9.17) is 11.6 Å². The number of alkyl halides is 1. The zero-order chi connectivity index (χ0) is 19.1. The van der Waals surface area contributed by atoms with E-state index in [-0.39, 0.29) is 23.0 Å². The highest BCUT2D eigenvalue weighted by Crippen LogP contribution is 2.45. The second-order valence-corrected chi connectivity index (χ2v) is 8.81. The van der Waals surface area contributed by atoms with Gasteiger partial charge < -0.3 is 10.0 Å². The first-order valence-corrected chi connectivity index (χ1v) is 12.2. The zero-order valence-electron chi connectivity index (χ0n) is 13.9. The third-order valence-electron chi connectivity index (χ3n) is 5.07. The molecular weight excluding hydrogens is 500 g/mol. The Kier molecular flexibility index (Phi) is 5.23. The molecule has 8 heteroatoms. The summed E-state index contributed by atoms with van der Waals surface area (Å²) in [6, 6.07) is 3.74. The van der Waals surface area contributed by atoms with E-state index in [1.807, 2.05) is 18.2 Å². The normalized spacial score (nSPS) is 25.7. The van der Waals surface area contributed by atoms with Crippen molar-refractivity contribution in [2.45, 2.75) is 24.3 Å². The minimum absolute atomic E-state index is 0.208. The number of benzene rings is 1. The van der Waals surface area contributed by atoms with Gasteiger partial charge in [0.05, 0.1) is 34.7 Å². The summed E-state index contributed by atoms with van der Waals surface area (Å²) < 4.78 is 17.1. The Morgan fingerprint density at radius 1 is 1.48 bits per heavy atom. The summed E-state index contributed by atoms with van der Waals surface area (Å²) in [7, 11) is 1.39. The van der Waals surface area contributed by atoms with E-state index >= 15 is 0 Å². The number of nitrogens with zero attached hydrogens (tertiary/aromatic N) is 1. The van der Waals surface area contributed by atoms with Crippen molar-refractivity contribution in [1.29, 1.82) is 5.26 Å². The Balaban J connectivity index is 1.91.